The lowest BCUT2D eigenvalue weighted by Crippen LogP contribution is -2.11. The van der Waals surface area contributed by atoms with Crippen molar-refractivity contribution in [2.24, 2.45) is 0 Å². The fourth-order valence-corrected chi connectivity index (χ4v) is 2.66. The van der Waals surface area contributed by atoms with Crippen LogP contribution in [0.4, 0.5) is 5.69 Å². The average molecular weight is 341 g/mol. The fraction of sp³-hybridized carbons (Fsp3) is 0.455. The van der Waals surface area contributed by atoms with E-state index < -0.39 is 0 Å². The molecule has 0 aliphatic rings. The molecule has 0 saturated carbocycles. The van der Waals surface area contributed by atoms with Gasteiger partial charge in [-0.3, -0.25) is 0 Å². The molecule has 136 valence electrons. The summed E-state index contributed by atoms with van der Waals surface area (Å²) in [4.78, 5) is 0. The largest absolute Gasteiger partial charge is 0.494 e. The average Bonchev–Trinajstić information content (AvgIpc) is 2.62. The molecule has 0 saturated heterocycles. The van der Waals surface area contributed by atoms with E-state index in [1.807, 2.05) is 24.3 Å². The zero-order valence-electron chi connectivity index (χ0n) is 15.6. The summed E-state index contributed by atoms with van der Waals surface area (Å²) in [6.45, 7) is 6.49. The number of aryl methyl sites for hydroxylation is 1. The van der Waals surface area contributed by atoms with Crippen molar-refractivity contribution in [2.75, 3.05) is 25.1 Å². The first-order chi connectivity index (χ1) is 12.3. The first-order valence-corrected chi connectivity index (χ1v) is 9.44. The maximum absolute atomic E-state index is 5.84. The highest BCUT2D eigenvalue weighted by Crippen LogP contribution is 2.18. The van der Waals surface area contributed by atoms with Gasteiger partial charge in [-0.1, -0.05) is 50.8 Å². The lowest BCUT2D eigenvalue weighted by molar-refractivity contribution is 0.304. The zero-order chi connectivity index (χ0) is 17.7. The molecular weight excluding hydrogens is 310 g/mol. The molecule has 1 N–H and O–H groups in total. The Morgan fingerprint density at radius 2 is 1.52 bits per heavy atom. The molecule has 0 spiro atoms. The number of ether oxygens (including phenoxy) is 2. The smallest absolute Gasteiger partial charge is 0.121 e. The van der Waals surface area contributed by atoms with E-state index in [2.05, 4.69) is 43.4 Å². The molecule has 2 aromatic rings. The maximum Gasteiger partial charge on any atom is 0.121 e. The number of benzene rings is 2. The van der Waals surface area contributed by atoms with Crippen LogP contribution in [0.15, 0.2) is 48.5 Å². The molecule has 0 aromatic heterocycles. The molecule has 0 unspecified atom stereocenters. The molecule has 0 aliphatic heterocycles. The number of rotatable bonds is 12. The molecule has 0 amide bonds. The summed E-state index contributed by atoms with van der Waals surface area (Å²) in [5.74, 6) is 1.85. The SMILES string of the molecule is CCCCCCCOc1cccc(NCCOc2cccc(C)c2)c1. The fourth-order valence-electron chi connectivity index (χ4n) is 2.66. The van der Waals surface area contributed by atoms with E-state index in [-0.39, 0.29) is 0 Å². The van der Waals surface area contributed by atoms with Gasteiger partial charge < -0.3 is 14.8 Å². The van der Waals surface area contributed by atoms with Crippen LogP contribution in [-0.4, -0.2) is 19.8 Å². The van der Waals surface area contributed by atoms with Crippen LogP contribution in [0.2, 0.25) is 0 Å². The molecule has 3 heteroatoms. The van der Waals surface area contributed by atoms with Gasteiger partial charge in [0.05, 0.1) is 6.61 Å². The molecular formula is C22H31NO2. The van der Waals surface area contributed by atoms with Crippen LogP contribution >= 0.6 is 0 Å². The van der Waals surface area contributed by atoms with Crippen molar-refractivity contribution in [3.8, 4) is 11.5 Å². The van der Waals surface area contributed by atoms with Gasteiger partial charge in [0.25, 0.3) is 0 Å². The number of hydrogen-bond donors (Lipinski definition) is 1. The second kappa shape index (κ2) is 11.4. The standard InChI is InChI=1S/C22H31NO2/c1-3-4-5-6-7-15-24-22-13-9-11-20(18-22)23-14-16-25-21-12-8-10-19(2)17-21/h8-13,17-18,23H,3-7,14-16H2,1-2H3. The van der Waals surface area contributed by atoms with Crippen LogP contribution in [0.25, 0.3) is 0 Å². The normalized spacial score (nSPS) is 10.5. The Morgan fingerprint density at radius 3 is 2.32 bits per heavy atom. The Balaban J connectivity index is 1.65. The summed E-state index contributed by atoms with van der Waals surface area (Å²) in [6, 6.07) is 16.3. The van der Waals surface area contributed by atoms with Crippen LogP contribution in [-0.2, 0) is 0 Å². The topological polar surface area (TPSA) is 30.5 Å². The Bertz CT molecular complexity index is 612. The van der Waals surface area contributed by atoms with Gasteiger partial charge in [-0.25, -0.2) is 0 Å². The lowest BCUT2D eigenvalue weighted by atomic mass is 10.2. The van der Waals surface area contributed by atoms with Crippen molar-refractivity contribution in [2.45, 2.75) is 46.0 Å². The van der Waals surface area contributed by atoms with Crippen molar-refractivity contribution in [3.63, 3.8) is 0 Å². The first kappa shape index (κ1) is 19.2. The maximum atomic E-state index is 5.84. The predicted molar refractivity (Wildman–Crippen MR) is 106 cm³/mol. The predicted octanol–water partition coefficient (Wildman–Crippen LogP) is 5.84. The summed E-state index contributed by atoms with van der Waals surface area (Å²) in [6.07, 6.45) is 6.29. The van der Waals surface area contributed by atoms with Gasteiger partial charge in [0, 0.05) is 18.3 Å². The molecule has 0 aliphatic carbocycles. The molecule has 3 nitrogen and oxygen atoms in total. The Morgan fingerprint density at radius 1 is 0.800 bits per heavy atom. The van der Waals surface area contributed by atoms with Gasteiger partial charge in [-0.05, 0) is 43.2 Å². The molecule has 2 aromatic carbocycles. The van der Waals surface area contributed by atoms with E-state index in [1.165, 1.54) is 31.2 Å². The van der Waals surface area contributed by atoms with E-state index >= 15 is 0 Å². The van der Waals surface area contributed by atoms with Gasteiger partial charge in [0.15, 0.2) is 0 Å². The highest BCUT2D eigenvalue weighted by Gasteiger charge is 1.98. The summed E-state index contributed by atoms with van der Waals surface area (Å²) < 4.78 is 11.6. The number of anilines is 1. The third-order valence-corrected chi connectivity index (χ3v) is 4.04. The van der Waals surface area contributed by atoms with Gasteiger partial charge in [0.1, 0.15) is 18.1 Å². The van der Waals surface area contributed by atoms with Gasteiger partial charge in [0.2, 0.25) is 0 Å². The molecule has 0 bridgehead atoms. The minimum atomic E-state index is 0.631. The quantitative estimate of drug-likeness (QED) is 0.492. The van der Waals surface area contributed by atoms with Gasteiger partial charge >= 0.3 is 0 Å². The molecule has 0 fully saturated rings. The van der Waals surface area contributed by atoms with E-state index in [9.17, 15) is 0 Å². The molecule has 25 heavy (non-hydrogen) atoms. The van der Waals surface area contributed by atoms with E-state index in [0.29, 0.717) is 6.61 Å². The lowest BCUT2D eigenvalue weighted by Gasteiger charge is -2.11. The van der Waals surface area contributed by atoms with Crippen LogP contribution in [0.3, 0.4) is 0 Å². The van der Waals surface area contributed by atoms with Gasteiger partial charge in [-0.2, -0.15) is 0 Å². The van der Waals surface area contributed by atoms with E-state index in [4.69, 9.17) is 9.47 Å². The third kappa shape index (κ3) is 7.97. The Labute approximate surface area is 152 Å². The van der Waals surface area contributed by atoms with Crippen molar-refractivity contribution in [1.82, 2.24) is 0 Å². The monoisotopic (exact) mass is 341 g/mol. The summed E-state index contributed by atoms with van der Waals surface area (Å²) in [7, 11) is 0. The minimum absolute atomic E-state index is 0.631. The van der Waals surface area contributed by atoms with Crippen LogP contribution < -0.4 is 14.8 Å². The summed E-state index contributed by atoms with van der Waals surface area (Å²) >= 11 is 0. The van der Waals surface area contributed by atoms with E-state index in [1.54, 1.807) is 0 Å². The van der Waals surface area contributed by atoms with Gasteiger partial charge in [-0.15, -0.1) is 0 Å². The molecule has 0 radical (unpaired) electrons. The zero-order valence-corrected chi connectivity index (χ0v) is 15.6. The summed E-state index contributed by atoms with van der Waals surface area (Å²) in [5.41, 5.74) is 2.28. The van der Waals surface area contributed by atoms with Crippen molar-refractivity contribution in [1.29, 1.82) is 0 Å². The minimum Gasteiger partial charge on any atom is -0.494 e. The van der Waals surface area contributed by atoms with Crippen LogP contribution in [0.5, 0.6) is 11.5 Å². The molecule has 0 atom stereocenters. The number of hydrogen-bond acceptors (Lipinski definition) is 3. The van der Waals surface area contributed by atoms with Crippen LogP contribution in [0, 0.1) is 6.92 Å². The first-order valence-electron chi connectivity index (χ1n) is 9.44. The second-order valence-corrected chi connectivity index (χ2v) is 6.38. The Kier molecular flexibility index (Phi) is 8.74. The number of nitrogens with one attached hydrogen (secondary N) is 1. The van der Waals surface area contributed by atoms with Crippen molar-refractivity contribution in [3.05, 3.63) is 54.1 Å². The second-order valence-electron chi connectivity index (χ2n) is 6.38. The van der Waals surface area contributed by atoms with Crippen molar-refractivity contribution >= 4 is 5.69 Å². The summed E-state index contributed by atoms with van der Waals surface area (Å²) in [5, 5.41) is 3.38. The Hall–Kier alpha value is -2.16. The highest BCUT2D eigenvalue weighted by atomic mass is 16.5. The van der Waals surface area contributed by atoms with E-state index in [0.717, 1.165) is 36.8 Å². The molecule has 2 rings (SSSR count). The third-order valence-electron chi connectivity index (χ3n) is 4.04. The van der Waals surface area contributed by atoms with Crippen molar-refractivity contribution < 1.29 is 9.47 Å². The number of unbranched alkanes of at least 4 members (excludes halogenated alkanes) is 4. The molecule has 0 heterocycles. The highest BCUT2D eigenvalue weighted by molar-refractivity contribution is 5.48. The van der Waals surface area contributed by atoms with Crippen LogP contribution in [0.1, 0.15) is 44.6 Å².